The molecule has 0 aliphatic carbocycles. The van der Waals surface area contributed by atoms with Crippen molar-refractivity contribution < 1.29 is 18.7 Å². The van der Waals surface area contributed by atoms with Crippen molar-refractivity contribution in [3.05, 3.63) is 89.2 Å². The topological polar surface area (TPSA) is 82.4 Å². The molecule has 0 radical (unpaired) electrons. The van der Waals surface area contributed by atoms with Crippen molar-refractivity contribution in [2.24, 2.45) is 0 Å². The molecule has 2 amide bonds. The maximum Gasteiger partial charge on any atom is 0.251 e. The van der Waals surface area contributed by atoms with Crippen molar-refractivity contribution in [3.8, 4) is 17.6 Å². The third kappa shape index (κ3) is 5.01. The van der Waals surface area contributed by atoms with E-state index in [1.54, 1.807) is 30.3 Å². The third-order valence-corrected chi connectivity index (χ3v) is 5.47. The highest BCUT2D eigenvalue weighted by Crippen LogP contribution is 2.28. The molecule has 3 aromatic rings. The van der Waals surface area contributed by atoms with Gasteiger partial charge >= 0.3 is 0 Å². The maximum absolute atomic E-state index is 13.7. The zero-order valence-electron chi connectivity index (χ0n) is 17.9. The predicted molar refractivity (Wildman–Crippen MR) is 122 cm³/mol. The summed E-state index contributed by atoms with van der Waals surface area (Å²) in [4.78, 5) is 26.7. The van der Waals surface area contributed by atoms with Crippen LogP contribution in [0.25, 0.3) is 0 Å². The van der Waals surface area contributed by atoms with E-state index in [4.69, 9.17) is 10.00 Å². The SMILES string of the molecule is N#Cc1c(F)cccc1Oc1ccc(C(=O)NCCCC(=O)N2CCc3ccccc32)cc1. The summed E-state index contributed by atoms with van der Waals surface area (Å²) in [6.07, 6.45) is 1.77. The van der Waals surface area contributed by atoms with Crippen LogP contribution in [0.3, 0.4) is 0 Å². The first kappa shape index (κ1) is 22.0. The van der Waals surface area contributed by atoms with E-state index in [1.807, 2.05) is 29.2 Å². The van der Waals surface area contributed by atoms with Crippen molar-refractivity contribution in [2.45, 2.75) is 19.3 Å². The Hall–Kier alpha value is -4.18. The number of halogens is 1. The quantitative estimate of drug-likeness (QED) is 0.542. The van der Waals surface area contributed by atoms with E-state index >= 15 is 0 Å². The molecule has 33 heavy (non-hydrogen) atoms. The van der Waals surface area contributed by atoms with Gasteiger partial charge in [-0.1, -0.05) is 24.3 Å². The molecule has 1 aliphatic heterocycles. The van der Waals surface area contributed by atoms with Gasteiger partial charge in [0.25, 0.3) is 5.91 Å². The summed E-state index contributed by atoms with van der Waals surface area (Å²) in [6.45, 7) is 1.08. The van der Waals surface area contributed by atoms with Gasteiger partial charge in [-0.15, -0.1) is 0 Å². The summed E-state index contributed by atoms with van der Waals surface area (Å²) >= 11 is 0. The van der Waals surface area contributed by atoms with Gasteiger partial charge in [-0.05, 0) is 60.9 Å². The van der Waals surface area contributed by atoms with E-state index in [9.17, 15) is 14.0 Å². The van der Waals surface area contributed by atoms with Gasteiger partial charge in [0.2, 0.25) is 5.91 Å². The number of hydrogen-bond donors (Lipinski definition) is 1. The number of rotatable bonds is 7. The fourth-order valence-electron chi connectivity index (χ4n) is 3.78. The van der Waals surface area contributed by atoms with Crippen LogP contribution in [0.2, 0.25) is 0 Å². The zero-order chi connectivity index (χ0) is 23.2. The molecule has 0 spiro atoms. The molecule has 4 rings (SSSR count). The molecule has 0 bridgehead atoms. The van der Waals surface area contributed by atoms with Gasteiger partial charge in [0.1, 0.15) is 28.9 Å². The molecule has 6 nitrogen and oxygen atoms in total. The second kappa shape index (κ2) is 9.96. The molecule has 0 unspecified atom stereocenters. The number of nitrogens with one attached hydrogen (secondary N) is 1. The first-order chi connectivity index (χ1) is 16.1. The number of ether oxygens (including phenoxy) is 1. The monoisotopic (exact) mass is 443 g/mol. The Balaban J connectivity index is 1.25. The van der Waals surface area contributed by atoms with Crippen LogP contribution in [-0.4, -0.2) is 24.9 Å². The summed E-state index contributed by atoms with van der Waals surface area (Å²) in [5.41, 5.74) is 2.43. The Bertz CT molecular complexity index is 1220. The number of para-hydroxylation sites is 1. The zero-order valence-corrected chi connectivity index (χ0v) is 17.9. The highest BCUT2D eigenvalue weighted by molar-refractivity contribution is 5.96. The Kier molecular flexibility index (Phi) is 6.65. The lowest BCUT2D eigenvalue weighted by Gasteiger charge is -2.17. The lowest BCUT2D eigenvalue weighted by atomic mass is 10.2. The lowest BCUT2D eigenvalue weighted by molar-refractivity contribution is -0.118. The van der Waals surface area contributed by atoms with Crippen LogP contribution < -0.4 is 15.0 Å². The minimum Gasteiger partial charge on any atom is -0.456 e. The number of benzene rings is 3. The standard InChI is InChI=1S/C26H22FN3O3/c27-22-6-3-8-24(21(22)17-28)33-20-12-10-19(11-13-20)26(32)29-15-4-9-25(31)30-16-14-18-5-1-2-7-23(18)30/h1-3,5-8,10-13H,4,9,14-16H2,(H,29,32). The first-order valence-electron chi connectivity index (χ1n) is 10.7. The maximum atomic E-state index is 13.7. The minimum atomic E-state index is -0.654. The van der Waals surface area contributed by atoms with Gasteiger partial charge in [-0.3, -0.25) is 9.59 Å². The van der Waals surface area contributed by atoms with E-state index in [0.29, 0.717) is 37.2 Å². The number of nitrogens with zero attached hydrogens (tertiary/aromatic N) is 2. The molecule has 0 saturated heterocycles. The van der Waals surface area contributed by atoms with Crippen LogP contribution >= 0.6 is 0 Å². The lowest BCUT2D eigenvalue weighted by Crippen LogP contribution is -2.30. The number of nitriles is 1. The smallest absolute Gasteiger partial charge is 0.251 e. The largest absolute Gasteiger partial charge is 0.456 e. The van der Waals surface area contributed by atoms with E-state index in [1.165, 1.54) is 23.8 Å². The molecule has 0 atom stereocenters. The van der Waals surface area contributed by atoms with Crippen molar-refractivity contribution in [1.29, 1.82) is 5.26 Å². The van der Waals surface area contributed by atoms with Gasteiger partial charge in [-0.2, -0.15) is 5.26 Å². The van der Waals surface area contributed by atoms with Crippen molar-refractivity contribution in [3.63, 3.8) is 0 Å². The minimum absolute atomic E-state index is 0.0600. The highest BCUT2D eigenvalue weighted by Gasteiger charge is 2.23. The predicted octanol–water partition coefficient (Wildman–Crippen LogP) is 4.59. The average Bonchev–Trinajstić information content (AvgIpc) is 3.26. The molecular weight excluding hydrogens is 421 g/mol. The number of amides is 2. The molecular formula is C26H22FN3O3. The molecule has 1 heterocycles. The Morgan fingerprint density at radius 1 is 1.06 bits per heavy atom. The molecule has 0 fully saturated rings. The normalized spacial score (nSPS) is 12.1. The Morgan fingerprint density at radius 3 is 2.64 bits per heavy atom. The van der Waals surface area contributed by atoms with E-state index in [2.05, 4.69) is 5.32 Å². The number of anilines is 1. The third-order valence-electron chi connectivity index (χ3n) is 5.47. The van der Waals surface area contributed by atoms with Crippen LogP contribution in [0.15, 0.2) is 66.7 Å². The summed E-state index contributed by atoms with van der Waals surface area (Å²) in [6, 6.07) is 20.2. The van der Waals surface area contributed by atoms with E-state index in [0.717, 1.165) is 12.1 Å². The number of fused-ring (bicyclic) bond motifs is 1. The van der Waals surface area contributed by atoms with E-state index in [-0.39, 0.29) is 23.1 Å². The van der Waals surface area contributed by atoms with Crippen molar-refractivity contribution in [2.75, 3.05) is 18.0 Å². The Labute approximate surface area is 191 Å². The van der Waals surface area contributed by atoms with Crippen molar-refractivity contribution >= 4 is 17.5 Å². The summed E-state index contributed by atoms with van der Waals surface area (Å²) in [5, 5.41) is 11.9. The van der Waals surface area contributed by atoms with Gasteiger partial charge in [0.15, 0.2) is 0 Å². The van der Waals surface area contributed by atoms with Crippen LogP contribution in [0.5, 0.6) is 11.5 Å². The van der Waals surface area contributed by atoms with Gasteiger partial charge in [-0.25, -0.2) is 4.39 Å². The molecule has 1 aliphatic rings. The summed E-state index contributed by atoms with van der Waals surface area (Å²) in [5.74, 6) is -0.364. The summed E-state index contributed by atoms with van der Waals surface area (Å²) in [7, 11) is 0. The molecule has 1 N–H and O–H groups in total. The molecule has 0 saturated carbocycles. The highest BCUT2D eigenvalue weighted by atomic mass is 19.1. The van der Waals surface area contributed by atoms with Gasteiger partial charge in [0, 0.05) is 30.8 Å². The van der Waals surface area contributed by atoms with Crippen LogP contribution in [-0.2, 0) is 11.2 Å². The second-order valence-corrected chi connectivity index (χ2v) is 7.63. The van der Waals surface area contributed by atoms with Crippen LogP contribution in [0.4, 0.5) is 10.1 Å². The number of carbonyl (C=O) groups is 2. The second-order valence-electron chi connectivity index (χ2n) is 7.63. The van der Waals surface area contributed by atoms with Crippen LogP contribution in [0, 0.1) is 17.1 Å². The fourth-order valence-corrected chi connectivity index (χ4v) is 3.78. The van der Waals surface area contributed by atoms with E-state index < -0.39 is 5.82 Å². The first-order valence-corrected chi connectivity index (χ1v) is 10.7. The Morgan fingerprint density at radius 2 is 1.85 bits per heavy atom. The molecule has 3 aromatic carbocycles. The van der Waals surface area contributed by atoms with Gasteiger partial charge < -0.3 is 15.0 Å². The van der Waals surface area contributed by atoms with Crippen LogP contribution in [0.1, 0.15) is 34.3 Å². The number of carbonyl (C=O) groups excluding carboxylic acids is 2. The number of hydrogen-bond acceptors (Lipinski definition) is 4. The average molecular weight is 443 g/mol. The van der Waals surface area contributed by atoms with Crippen molar-refractivity contribution in [1.82, 2.24) is 5.32 Å². The molecule has 0 aromatic heterocycles. The fraction of sp³-hybridized carbons (Fsp3) is 0.192. The molecule has 7 heteroatoms. The molecule has 166 valence electrons. The summed E-state index contributed by atoms with van der Waals surface area (Å²) < 4.78 is 19.3. The van der Waals surface area contributed by atoms with Gasteiger partial charge in [0.05, 0.1) is 0 Å².